The van der Waals surface area contributed by atoms with Gasteiger partial charge in [0.25, 0.3) is 0 Å². The van der Waals surface area contributed by atoms with E-state index in [1.165, 1.54) is 12.8 Å². The molecule has 0 amide bonds. The van der Waals surface area contributed by atoms with Gasteiger partial charge in [0.1, 0.15) is 0 Å². The first-order valence-electron chi connectivity index (χ1n) is 6.94. The molecule has 0 bridgehead atoms. The topological polar surface area (TPSA) is 59.9 Å². The van der Waals surface area contributed by atoms with Crippen LogP contribution in [0.2, 0.25) is 5.28 Å². The second-order valence-corrected chi connectivity index (χ2v) is 6.72. The number of hydrogen-bond acceptors (Lipinski definition) is 6. The molecule has 0 radical (unpaired) electrons. The van der Waals surface area contributed by atoms with Crippen LogP contribution in [-0.4, -0.2) is 38.6 Å². The highest BCUT2D eigenvalue weighted by atomic mass is 35.5. The van der Waals surface area contributed by atoms with E-state index in [0.29, 0.717) is 17.2 Å². The largest absolute Gasteiger partial charge is 0.461 e. The summed E-state index contributed by atoms with van der Waals surface area (Å²) in [5.41, 5.74) is 0. The summed E-state index contributed by atoms with van der Waals surface area (Å²) in [6.45, 7) is 3.85. The number of nitrogens with one attached hydrogen (secondary N) is 1. The minimum absolute atomic E-state index is 0.0110. The molecular formula is C13H21ClN4OS. The summed E-state index contributed by atoms with van der Waals surface area (Å²) in [4.78, 5) is 12.4. The molecule has 2 unspecified atom stereocenters. The summed E-state index contributed by atoms with van der Waals surface area (Å²) in [5, 5.41) is 4.23. The van der Waals surface area contributed by atoms with Crippen LogP contribution < -0.4 is 10.1 Å². The van der Waals surface area contributed by atoms with Crippen LogP contribution in [-0.2, 0) is 0 Å². The van der Waals surface area contributed by atoms with E-state index in [2.05, 4.69) is 26.5 Å². The van der Waals surface area contributed by atoms with Gasteiger partial charge in [-0.3, -0.25) is 0 Å². The summed E-state index contributed by atoms with van der Waals surface area (Å²) in [5.74, 6) is 0.507. The van der Waals surface area contributed by atoms with Crippen LogP contribution in [0.5, 0.6) is 6.01 Å². The number of rotatable bonds is 5. The van der Waals surface area contributed by atoms with Crippen molar-refractivity contribution in [3.05, 3.63) is 5.28 Å². The minimum Gasteiger partial charge on any atom is -0.461 e. The lowest BCUT2D eigenvalue weighted by molar-refractivity contribution is 0.222. The predicted molar refractivity (Wildman–Crippen MR) is 83.8 cm³/mol. The molecule has 20 heavy (non-hydrogen) atoms. The molecule has 0 aromatic carbocycles. The molecule has 2 rings (SSSR count). The van der Waals surface area contributed by atoms with Crippen LogP contribution in [0.1, 0.15) is 39.5 Å². The molecule has 1 saturated carbocycles. The van der Waals surface area contributed by atoms with E-state index in [9.17, 15) is 0 Å². The number of aromatic nitrogens is 3. The smallest absolute Gasteiger partial charge is 0.322 e. The molecule has 1 heterocycles. The van der Waals surface area contributed by atoms with Crippen molar-refractivity contribution in [3.63, 3.8) is 0 Å². The van der Waals surface area contributed by atoms with Gasteiger partial charge in [-0.05, 0) is 51.0 Å². The number of hydrogen-bond donors (Lipinski definition) is 1. The van der Waals surface area contributed by atoms with E-state index in [-0.39, 0.29) is 17.4 Å². The van der Waals surface area contributed by atoms with Crippen molar-refractivity contribution in [3.8, 4) is 6.01 Å². The highest BCUT2D eigenvalue weighted by Crippen LogP contribution is 2.28. The third-order valence-electron chi connectivity index (χ3n) is 3.22. The Hall–Kier alpha value is -0.750. The van der Waals surface area contributed by atoms with Crippen LogP contribution in [0.4, 0.5) is 5.95 Å². The molecule has 1 aliphatic carbocycles. The summed E-state index contributed by atoms with van der Waals surface area (Å²) < 4.78 is 5.48. The average Bonchev–Trinajstić information content (AvgIpc) is 2.37. The van der Waals surface area contributed by atoms with Crippen molar-refractivity contribution in [2.45, 2.75) is 56.9 Å². The molecule has 1 aliphatic rings. The van der Waals surface area contributed by atoms with Gasteiger partial charge in [0, 0.05) is 11.3 Å². The number of nitrogens with zero attached hydrogens (tertiary/aromatic N) is 3. The van der Waals surface area contributed by atoms with Gasteiger partial charge in [-0.25, -0.2) is 0 Å². The molecule has 0 spiro atoms. The lowest BCUT2D eigenvalue weighted by Crippen LogP contribution is -2.29. The Labute approximate surface area is 129 Å². The monoisotopic (exact) mass is 316 g/mol. The molecule has 1 fully saturated rings. The van der Waals surface area contributed by atoms with Crippen LogP contribution in [0.25, 0.3) is 0 Å². The zero-order chi connectivity index (χ0) is 14.5. The Morgan fingerprint density at radius 3 is 2.80 bits per heavy atom. The Bertz CT molecular complexity index is 446. The molecule has 1 aromatic rings. The Kier molecular flexibility index (Phi) is 5.72. The first-order chi connectivity index (χ1) is 9.56. The van der Waals surface area contributed by atoms with Gasteiger partial charge >= 0.3 is 6.01 Å². The summed E-state index contributed by atoms with van der Waals surface area (Å²) in [7, 11) is 0. The normalized spacial score (nSPS) is 22.9. The third kappa shape index (κ3) is 4.66. The Morgan fingerprint density at radius 1 is 1.30 bits per heavy atom. The Balaban J connectivity index is 2.02. The van der Waals surface area contributed by atoms with Gasteiger partial charge in [-0.15, -0.1) is 0 Å². The van der Waals surface area contributed by atoms with Crippen LogP contribution >= 0.6 is 23.4 Å². The molecule has 5 nitrogen and oxygen atoms in total. The van der Waals surface area contributed by atoms with Crippen molar-refractivity contribution in [2.75, 3.05) is 11.6 Å². The minimum atomic E-state index is 0.0110. The van der Waals surface area contributed by atoms with E-state index in [1.807, 2.05) is 25.6 Å². The fourth-order valence-corrected chi connectivity index (χ4v) is 3.31. The summed E-state index contributed by atoms with van der Waals surface area (Å²) in [6, 6.07) is 0.672. The predicted octanol–water partition coefficient (Wildman–Crippen LogP) is 3.40. The molecule has 7 heteroatoms. The number of anilines is 1. The SMILES string of the molecule is CSC1CCCC(Nc2nc(Cl)nc(OC(C)C)n2)C1. The first kappa shape index (κ1) is 15.6. The molecule has 112 valence electrons. The van der Waals surface area contributed by atoms with Crippen LogP contribution in [0, 0.1) is 0 Å². The fourth-order valence-electron chi connectivity index (χ4n) is 2.33. The zero-order valence-electron chi connectivity index (χ0n) is 12.1. The van der Waals surface area contributed by atoms with Gasteiger partial charge in [0.05, 0.1) is 6.10 Å². The second kappa shape index (κ2) is 7.31. The maximum absolute atomic E-state index is 5.92. The highest BCUT2D eigenvalue weighted by molar-refractivity contribution is 7.99. The molecule has 2 atom stereocenters. The van der Waals surface area contributed by atoms with Gasteiger partial charge in [-0.1, -0.05) is 6.42 Å². The van der Waals surface area contributed by atoms with Gasteiger partial charge < -0.3 is 10.1 Å². The van der Waals surface area contributed by atoms with E-state index < -0.39 is 0 Å². The molecule has 1 aromatic heterocycles. The maximum Gasteiger partial charge on any atom is 0.322 e. The Morgan fingerprint density at radius 2 is 2.10 bits per heavy atom. The van der Waals surface area contributed by atoms with E-state index in [1.54, 1.807) is 0 Å². The van der Waals surface area contributed by atoms with Crippen molar-refractivity contribution in [2.24, 2.45) is 0 Å². The average molecular weight is 317 g/mol. The molecule has 0 aliphatic heterocycles. The van der Waals surface area contributed by atoms with Crippen molar-refractivity contribution < 1.29 is 4.74 Å². The van der Waals surface area contributed by atoms with E-state index in [0.717, 1.165) is 12.8 Å². The molecule has 0 saturated heterocycles. The lowest BCUT2D eigenvalue weighted by Gasteiger charge is -2.28. The standard InChI is InChI=1S/C13H21ClN4OS/c1-8(2)19-13-17-11(14)16-12(18-13)15-9-5-4-6-10(7-9)20-3/h8-10H,4-7H2,1-3H3,(H,15,16,17,18). The number of ether oxygens (including phenoxy) is 1. The van der Waals surface area contributed by atoms with Gasteiger partial charge in [0.15, 0.2) is 0 Å². The van der Waals surface area contributed by atoms with Crippen LogP contribution in [0.3, 0.4) is 0 Å². The van der Waals surface area contributed by atoms with Crippen LogP contribution in [0.15, 0.2) is 0 Å². The third-order valence-corrected chi connectivity index (χ3v) is 4.49. The number of thioether (sulfide) groups is 1. The quantitative estimate of drug-likeness (QED) is 0.898. The molecular weight excluding hydrogens is 296 g/mol. The number of halogens is 1. The summed E-state index contributed by atoms with van der Waals surface area (Å²) >= 11 is 7.85. The van der Waals surface area contributed by atoms with Crippen molar-refractivity contribution in [1.29, 1.82) is 0 Å². The lowest BCUT2D eigenvalue weighted by atomic mass is 9.95. The van der Waals surface area contributed by atoms with Gasteiger partial charge in [0.2, 0.25) is 11.2 Å². The zero-order valence-corrected chi connectivity index (χ0v) is 13.7. The van der Waals surface area contributed by atoms with Crippen molar-refractivity contribution in [1.82, 2.24) is 15.0 Å². The summed E-state index contributed by atoms with van der Waals surface area (Å²) in [6.07, 6.45) is 6.97. The van der Waals surface area contributed by atoms with E-state index in [4.69, 9.17) is 16.3 Å². The van der Waals surface area contributed by atoms with Crippen molar-refractivity contribution >= 4 is 29.3 Å². The highest BCUT2D eigenvalue weighted by Gasteiger charge is 2.22. The second-order valence-electron chi connectivity index (χ2n) is 5.24. The van der Waals surface area contributed by atoms with E-state index >= 15 is 0 Å². The molecule has 1 N–H and O–H groups in total. The maximum atomic E-state index is 5.92. The first-order valence-corrected chi connectivity index (χ1v) is 8.61. The van der Waals surface area contributed by atoms with Gasteiger partial charge in [-0.2, -0.15) is 26.7 Å². The fraction of sp³-hybridized carbons (Fsp3) is 0.769.